The third kappa shape index (κ3) is 2.10. The van der Waals surface area contributed by atoms with E-state index in [0.717, 1.165) is 0 Å². The molecule has 0 bridgehead atoms. The van der Waals surface area contributed by atoms with Gasteiger partial charge in [-0.25, -0.2) is 14.1 Å². The van der Waals surface area contributed by atoms with Gasteiger partial charge in [0.05, 0.1) is 0 Å². The molecular formula is C9H9FN4S. The lowest BCUT2D eigenvalue weighted by atomic mass is 10.3. The fraction of sp³-hybridized carbons (Fsp3) is 0.111. The van der Waals surface area contributed by atoms with E-state index in [1.54, 1.807) is 11.7 Å². The van der Waals surface area contributed by atoms with E-state index < -0.39 is 0 Å². The minimum atomic E-state index is -0.311. The van der Waals surface area contributed by atoms with E-state index in [2.05, 4.69) is 10.1 Å². The molecule has 0 radical (unpaired) electrons. The van der Waals surface area contributed by atoms with Gasteiger partial charge >= 0.3 is 0 Å². The van der Waals surface area contributed by atoms with Crippen LogP contribution in [0.5, 0.6) is 0 Å². The molecule has 0 aliphatic carbocycles. The maximum atomic E-state index is 13.0. The second-order valence-corrected chi connectivity index (χ2v) is 3.96. The van der Waals surface area contributed by atoms with Crippen molar-refractivity contribution in [3.8, 4) is 0 Å². The second kappa shape index (κ2) is 3.90. The Hall–Kier alpha value is -1.56. The Bertz CT molecular complexity index is 483. The zero-order valence-electron chi connectivity index (χ0n) is 8.01. The minimum Gasteiger partial charge on any atom is -0.398 e. The number of aryl methyl sites for hydroxylation is 1. The van der Waals surface area contributed by atoms with Gasteiger partial charge in [-0.05, 0) is 30.0 Å². The highest BCUT2D eigenvalue weighted by molar-refractivity contribution is 7.99. The molecule has 1 aromatic carbocycles. The smallest absolute Gasteiger partial charge is 0.190 e. The van der Waals surface area contributed by atoms with Crippen LogP contribution in [0.25, 0.3) is 0 Å². The zero-order valence-corrected chi connectivity index (χ0v) is 8.83. The molecule has 0 aliphatic rings. The summed E-state index contributed by atoms with van der Waals surface area (Å²) in [7, 11) is 1.77. The van der Waals surface area contributed by atoms with E-state index in [9.17, 15) is 4.39 Å². The SMILES string of the molecule is Cn1ncnc1Sc1cc(F)ccc1N. The molecular weight excluding hydrogens is 215 g/mol. The standard InChI is InChI=1S/C9H9FN4S/c1-14-9(12-5-13-14)15-8-4-6(10)2-3-7(8)11/h2-5H,11H2,1H3. The van der Waals surface area contributed by atoms with Crippen molar-refractivity contribution in [1.82, 2.24) is 14.8 Å². The first-order valence-corrected chi connectivity index (χ1v) is 5.05. The van der Waals surface area contributed by atoms with Crippen LogP contribution < -0.4 is 5.73 Å². The summed E-state index contributed by atoms with van der Waals surface area (Å²) in [6.45, 7) is 0. The maximum Gasteiger partial charge on any atom is 0.190 e. The van der Waals surface area contributed by atoms with E-state index in [0.29, 0.717) is 15.7 Å². The Morgan fingerprint density at radius 1 is 1.47 bits per heavy atom. The van der Waals surface area contributed by atoms with E-state index in [-0.39, 0.29) is 5.82 Å². The molecule has 2 rings (SSSR count). The van der Waals surface area contributed by atoms with E-state index in [4.69, 9.17) is 5.73 Å². The normalized spacial score (nSPS) is 10.5. The summed E-state index contributed by atoms with van der Waals surface area (Å²) in [5.41, 5.74) is 6.24. The van der Waals surface area contributed by atoms with Crippen molar-refractivity contribution in [1.29, 1.82) is 0 Å². The Kier molecular flexibility index (Phi) is 2.59. The zero-order chi connectivity index (χ0) is 10.8. The molecule has 0 fully saturated rings. The number of hydrogen-bond donors (Lipinski definition) is 1. The van der Waals surface area contributed by atoms with Crippen LogP contribution in [0.15, 0.2) is 34.6 Å². The molecule has 0 atom stereocenters. The average Bonchev–Trinajstić information content (AvgIpc) is 2.58. The van der Waals surface area contributed by atoms with Crippen LogP contribution in [0.1, 0.15) is 0 Å². The van der Waals surface area contributed by atoms with Gasteiger partial charge in [0.15, 0.2) is 5.16 Å². The van der Waals surface area contributed by atoms with E-state index in [1.807, 2.05) is 0 Å². The highest BCUT2D eigenvalue weighted by Crippen LogP contribution is 2.30. The number of benzene rings is 1. The third-order valence-electron chi connectivity index (χ3n) is 1.85. The van der Waals surface area contributed by atoms with Gasteiger partial charge in [0.25, 0.3) is 0 Å². The van der Waals surface area contributed by atoms with Crippen LogP contribution in [-0.4, -0.2) is 14.8 Å². The molecule has 78 valence electrons. The summed E-state index contributed by atoms with van der Waals surface area (Å²) in [4.78, 5) is 4.66. The van der Waals surface area contributed by atoms with Gasteiger partial charge in [-0.3, -0.25) is 0 Å². The molecule has 4 nitrogen and oxygen atoms in total. The molecule has 0 saturated carbocycles. The summed E-state index contributed by atoms with van der Waals surface area (Å²) in [6, 6.07) is 4.25. The largest absolute Gasteiger partial charge is 0.398 e. The number of aromatic nitrogens is 3. The first kappa shape index (κ1) is 9.97. The monoisotopic (exact) mass is 224 g/mol. The lowest BCUT2D eigenvalue weighted by molar-refractivity contribution is 0.624. The lowest BCUT2D eigenvalue weighted by Gasteiger charge is -2.03. The third-order valence-corrected chi connectivity index (χ3v) is 2.97. The van der Waals surface area contributed by atoms with Crippen LogP contribution in [0, 0.1) is 5.82 Å². The van der Waals surface area contributed by atoms with Crippen molar-refractivity contribution in [2.75, 3.05) is 5.73 Å². The van der Waals surface area contributed by atoms with Gasteiger partial charge in [0.2, 0.25) is 0 Å². The number of nitrogens with two attached hydrogens (primary N) is 1. The number of hydrogen-bond acceptors (Lipinski definition) is 4. The number of halogens is 1. The first-order chi connectivity index (χ1) is 7.16. The summed E-state index contributed by atoms with van der Waals surface area (Å²) < 4.78 is 14.6. The Morgan fingerprint density at radius 2 is 2.27 bits per heavy atom. The molecule has 0 unspecified atom stereocenters. The lowest BCUT2D eigenvalue weighted by Crippen LogP contribution is -1.94. The fourth-order valence-electron chi connectivity index (χ4n) is 1.07. The van der Waals surface area contributed by atoms with Crippen molar-refractivity contribution in [3.63, 3.8) is 0 Å². The van der Waals surface area contributed by atoms with E-state index >= 15 is 0 Å². The van der Waals surface area contributed by atoms with Gasteiger partial charge in [0, 0.05) is 17.6 Å². The minimum absolute atomic E-state index is 0.311. The van der Waals surface area contributed by atoms with Crippen molar-refractivity contribution < 1.29 is 4.39 Å². The van der Waals surface area contributed by atoms with Crippen molar-refractivity contribution in [2.45, 2.75) is 10.1 Å². The average molecular weight is 224 g/mol. The van der Waals surface area contributed by atoms with Crippen molar-refractivity contribution in [3.05, 3.63) is 30.3 Å². The number of nitrogens with zero attached hydrogens (tertiary/aromatic N) is 3. The highest BCUT2D eigenvalue weighted by Gasteiger charge is 2.07. The van der Waals surface area contributed by atoms with Gasteiger partial charge in [0.1, 0.15) is 12.1 Å². The molecule has 0 amide bonds. The van der Waals surface area contributed by atoms with Crippen molar-refractivity contribution >= 4 is 17.4 Å². The molecule has 1 heterocycles. The quantitative estimate of drug-likeness (QED) is 0.789. The summed E-state index contributed by atoms with van der Waals surface area (Å²) in [5, 5.41) is 4.59. The molecule has 15 heavy (non-hydrogen) atoms. The summed E-state index contributed by atoms with van der Waals surface area (Å²) >= 11 is 1.29. The number of anilines is 1. The molecule has 6 heteroatoms. The molecule has 0 aliphatic heterocycles. The number of rotatable bonds is 2. The maximum absolute atomic E-state index is 13.0. The van der Waals surface area contributed by atoms with Gasteiger partial charge < -0.3 is 5.73 Å². The molecule has 0 saturated heterocycles. The predicted octanol–water partition coefficient (Wildman–Crippen LogP) is 1.69. The van der Waals surface area contributed by atoms with Crippen LogP contribution in [0.4, 0.5) is 10.1 Å². The van der Waals surface area contributed by atoms with Crippen molar-refractivity contribution in [2.24, 2.45) is 7.05 Å². The predicted molar refractivity (Wildman–Crippen MR) is 55.9 cm³/mol. The fourth-order valence-corrected chi connectivity index (χ4v) is 1.91. The summed E-state index contributed by atoms with van der Waals surface area (Å²) in [5.74, 6) is -0.311. The molecule has 2 N–H and O–H groups in total. The van der Waals surface area contributed by atoms with Crippen LogP contribution >= 0.6 is 11.8 Å². The van der Waals surface area contributed by atoms with Gasteiger partial charge in [-0.1, -0.05) is 0 Å². The Balaban J connectivity index is 2.32. The van der Waals surface area contributed by atoms with Gasteiger partial charge in [-0.2, -0.15) is 5.10 Å². The van der Waals surface area contributed by atoms with Gasteiger partial charge in [-0.15, -0.1) is 0 Å². The second-order valence-electron chi connectivity index (χ2n) is 2.95. The highest BCUT2D eigenvalue weighted by atomic mass is 32.2. The molecule has 2 aromatic rings. The molecule has 0 spiro atoms. The number of nitrogen functional groups attached to an aromatic ring is 1. The Labute approximate surface area is 90.3 Å². The summed E-state index contributed by atoms with van der Waals surface area (Å²) in [6.07, 6.45) is 1.44. The van der Waals surface area contributed by atoms with E-state index in [1.165, 1.54) is 36.3 Å². The van der Waals surface area contributed by atoms with Crippen LogP contribution in [0.3, 0.4) is 0 Å². The Morgan fingerprint density at radius 3 is 2.93 bits per heavy atom. The van der Waals surface area contributed by atoms with Crippen LogP contribution in [0.2, 0.25) is 0 Å². The topological polar surface area (TPSA) is 56.7 Å². The molecule has 1 aromatic heterocycles. The first-order valence-electron chi connectivity index (χ1n) is 4.23. The van der Waals surface area contributed by atoms with Crippen LogP contribution in [-0.2, 0) is 7.05 Å².